The average molecular weight is 425 g/mol. The maximum atomic E-state index is 12.6. The number of carbonyl (C=O) groups is 4. The molecule has 3 amide bonds. The molecule has 9 heteroatoms. The summed E-state index contributed by atoms with van der Waals surface area (Å²) >= 11 is 0. The van der Waals surface area contributed by atoms with Gasteiger partial charge < -0.3 is 25.4 Å². The summed E-state index contributed by atoms with van der Waals surface area (Å²) in [5.41, 5.74) is 1.56. The van der Waals surface area contributed by atoms with Crippen molar-refractivity contribution in [3.63, 3.8) is 0 Å². The predicted octanol–water partition coefficient (Wildman–Crippen LogP) is 1.89. The molecule has 1 heterocycles. The van der Waals surface area contributed by atoms with Crippen molar-refractivity contribution in [2.75, 3.05) is 30.4 Å². The zero-order valence-electron chi connectivity index (χ0n) is 17.0. The average Bonchev–Trinajstić information content (AvgIpc) is 3.15. The van der Waals surface area contributed by atoms with Gasteiger partial charge >= 0.3 is 5.97 Å². The lowest BCUT2D eigenvalue weighted by Gasteiger charge is -2.17. The molecule has 1 fully saturated rings. The number of carbonyl (C=O) groups excluding carboxylic acids is 3. The lowest BCUT2D eigenvalue weighted by molar-refractivity contribution is -0.136. The fourth-order valence-electron chi connectivity index (χ4n) is 3.23. The Kier molecular flexibility index (Phi) is 6.86. The normalized spacial score (nSPS) is 15.5. The highest BCUT2D eigenvalue weighted by atomic mass is 16.5. The van der Waals surface area contributed by atoms with Crippen molar-refractivity contribution in [2.24, 2.45) is 5.92 Å². The number of carboxylic acid groups (broad SMARTS) is 1. The first-order valence-corrected chi connectivity index (χ1v) is 9.72. The Bertz CT molecular complexity index is 972. The minimum absolute atomic E-state index is 0.0348. The number of carboxylic acids is 1. The summed E-state index contributed by atoms with van der Waals surface area (Å²) in [7, 11) is 1.56. The molecule has 0 bridgehead atoms. The van der Waals surface area contributed by atoms with Gasteiger partial charge in [0.2, 0.25) is 11.8 Å². The number of hydrogen-bond donors (Lipinski definition) is 3. The smallest absolute Gasteiger partial charge is 0.305 e. The number of methoxy groups -OCH3 is 1. The Morgan fingerprint density at radius 1 is 1.10 bits per heavy atom. The fourth-order valence-corrected chi connectivity index (χ4v) is 3.23. The third-order valence-electron chi connectivity index (χ3n) is 4.92. The van der Waals surface area contributed by atoms with Crippen LogP contribution in [0.5, 0.6) is 5.75 Å². The van der Waals surface area contributed by atoms with Crippen molar-refractivity contribution in [1.29, 1.82) is 0 Å². The molecule has 0 spiro atoms. The number of benzene rings is 2. The summed E-state index contributed by atoms with van der Waals surface area (Å²) in [4.78, 5) is 49.0. The Morgan fingerprint density at radius 3 is 2.39 bits per heavy atom. The van der Waals surface area contributed by atoms with Crippen LogP contribution in [0.4, 0.5) is 11.4 Å². The second-order valence-electron chi connectivity index (χ2n) is 7.07. The number of rotatable bonds is 8. The van der Waals surface area contributed by atoms with Crippen molar-refractivity contribution in [2.45, 2.75) is 12.8 Å². The molecule has 2 aromatic carbocycles. The van der Waals surface area contributed by atoms with Crippen LogP contribution in [0.15, 0.2) is 48.5 Å². The van der Waals surface area contributed by atoms with Gasteiger partial charge in [-0.25, -0.2) is 0 Å². The SMILES string of the molecule is COc1ccc(N2CC(C(=O)Nc3ccc(C(=O)NCCC(=O)O)cc3)CC2=O)cc1. The van der Waals surface area contributed by atoms with Gasteiger partial charge in [0.05, 0.1) is 19.4 Å². The summed E-state index contributed by atoms with van der Waals surface area (Å²) in [6, 6.07) is 13.3. The minimum Gasteiger partial charge on any atom is -0.497 e. The monoisotopic (exact) mass is 425 g/mol. The van der Waals surface area contributed by atoms with E-state index in [0.29, 0.717) is 22.7 Å². The van der Waals surface area contributed by atoms with Gasteiger partial charge in [-0.3, -0.25) is 19.2 Å². The number of aliphatic carboxylic acids is 1. The fraction of sp³-hybridized carbons (Fsp3) is 0.273. The minimum atomic E-state index is -0.991. The molecule has 3 rings (SSSR count). The molecule has 1 aliphatic rings. The number of ether oxygens (including phenoxy) is 1. The summed E-state index contributed by atoms with van der Waals surface area (Å²) in [5, 5.41) is 13.9. The zero-order chi connectivity index (χ0) is 22.4. The molecular weight excluding hydrogens is 402 g/mol. The highest BCUT2D eigenvalue weighted by Gasteiger charge is 2.35. The van der Waals surface area contributed by atoms with Crippen LogP contribution in [0.25, 0.3) is 0 Å². The van der Waals surface area contributed by atoms with Crippen LogP contribution in [0, 0.1) is 5.92 Å². The van der Waals surface area contributed by atoms with E-state index < -0.39 is 17.8 Å². The van der Waals surface area contributed by atoms with E-state index in [1.54, 1.807) is 48.4 Å². The van der Waals surface area contributed by atoms with E-state index >= 15 is 0 Å². The molecule has 0 aromatic heterocycles. The molecule has 1 atom stereocenters. The molecule has 162 valence electrons. The number of hydrogen-bond acceptors (Lipinski definition) is 5. The second-order valence-corrected chi connectivity index (χ2v) is 7.07. The highest BCUT2D eigenvalue weighted by molar-refractivity contribution is 6.03. The van der Waals surface area contributed by atoms with Gasteiger partial charge in [0.15, 0.2) is 0 Å². The summed E-state index contributed by atoms with van der Waals surface area (Å²) in [5.74, 6) is -1.59. The van der Waals surface area contributed by atoms with Gasteiger partial charge in [0.25, 0.3) is 5.91 Å². The van der Waals surface area contributed by atoms with E-state index in [0.717, 1.165) is 0 Å². The van der Waals surface area contributed by atoms with Gasteiger partial charge in [-0.15, -0.1) is 0 Å². The van der Waals surface area contributed by atoms with E-state index in [1.165, 1.54) is 12.1 Å². The van der Waals surface area contributed by atoms with Crippen molar-refractivity contribution < 1.29 is 29.0 Å². The standard InChI is InChI=1S/C22H23N3O6/c1-31-18-8-6-17(7-9-18)25-13-15(12-19(25)26)22(30)24-16-4-2-14(3-5-16)21(29)23-11-10-20(27)28/h2-9,15H,10-13H2,1H3,(H,23,29)(H,24,30)(H,27,28). The van der Waals surface area contributed by atoms with Gasteiger partial charge in [-0.1, -0.05) is 0 Å². The number of anilines is 2. The molecule has 0 radical (unpaired) electrons. The summed E-state index contributed by atoms with van der Waals surface area (Å²) in [6.07, 6.45) is -0.0462. The van der Waals surface area contributed by atoms with Gasteiger partial charge in [0, 0.05) is 36.4 Å². The quantitative estimate of drug-likeness (QED) is 0.593. The molecule has 0 saturated carbocycles. The van der Waals surface area contributed by atoms with Crippen molar-refractivity contribution in [1.82, 2.24) is 5.32 Å². The molecule has 1 saturated heterocycles. The molecule has 31 heavy (non-hydrogen) atoms. The van der Waals surface area contributed by atoms with Gasteiger partial charge in [-0.2, -0.15) is 0 Å². The van der Waals surface area contributed by atoms with Gasteiger partial charge in [-0.05, 0) is 48.5 Å². The maximum Gasteiger partial charge on any atom is 0.305 e. The van der Waals surface area contributed by atoms with Crippen LogP contribution in [0.1, 0.15) is 23.2 Å². The van der Waals surface area contributed by atoms with Crippen LogP contribution < -0.4 is 20.3 Å². The number of nitrogens with one attached hydrogen (secondary N) is 2. The Balaban J connectivity index is 1.55. The maximum absolute atomic E-state index is 12.6. The van der Waals surface area contributed by atoms with E-state index in [9.17, 15) is 19.2 Å². The second kappa shape index (κ2) is 9.75. The van der Waals surface area contributed by atoms with Crippen LogP contribution >= 0.6 is 0 Å². The van der Waals surface area contributed by atoms with Crippen LogP contribution in [-0.4, -0.2) is 49.0 Å². The Morgan fingerprint density at radius 2 is 1.77 bits per heavy atom. The third-order valence-corrected chi connectivity index (χ3v) is 4.92. The molecule has 1 aliphatic heterocycles. The van der Waals surface area contributed by atoms with Crippen LogP contribution in [0.3, 0.4) is 0 Å². The topological polar surface area (TPSA) is 125 Å². The van der Waals surface area contributed by atoms with E-state index in [2.05, 4.69) is 10.6 Å². The third kappa shape index (κ3) is 5.59. The number of nitrogens with zero attached hydrogens (tertiary/aromatic N) is 1. The lowest BCUT2D eigenvalue weighted by atomic mass is 10.1. The molecule has 1 unspecified atom stereocenters. The van der Waals surface area contributed by atoms with E-state index in [1.807, 2.05) is 0 Å². The van der Waals surface area contributed by atoms with Crippen LogP contribution in [-0.2, 0) is 14.4 Å². The first-order valence-electron chi connectivity index (χ1n) is 9.72. The first kappa shape index (κ1) is 21.8. The zero-order valence-corrected chi connectivity index (χ0v) is 17.0. The lowest BCUT2D eigenvalue weighted by Crippen LogP contribution is -2.28. The summed E-state index contributed by atoms with van der Waals surface area (Å²) in [6.45, 7) is 0.314. The number of amides is 3. The molecular formula is C22H23N3O6. The largest absolute Gasteiger partial charge is 0.497 e. The molecule has 9 nitrogen and oxygen atoms in total. The van der Waals surface area contributed by atoms with E-state index in [-0.39, 0.29) is 37.7 Å². The molecule has 3 N–H and O–H groups in total. The Hall–Kier alpha value is -3.88. The van der Waals surface area contributed by atoms with Crippen molar-refractivity contribution in [3.8, 4) is 5.75 Å². The van der Waals surface area contributed by atoms with Gasteiger partial charge in [0.1, 0.15) is 5.75 Å². The highest BCUT2D eigenvalue weighted by Crippen LogP contribution is 2.27. The van der Waals surface area contributed by atoms with Crippen LogP contribution in [0.2, 0.25) is 0 Å². The van der Waals surface area contributed by atoms with Crippen molar-refractivity contribution >= 4 is 35.1 Å². The molecule has 0 aliphatic carbocycles. The molecule has 2 aromatic rings. The van der Waals surface area contributed by atoms with Crippen molar-refractivity contribution in [3.05, 3.63) is 54.1 Å². The predicted molar refractivity (Wildman–Crippen MR) is 113 cm³/mol. The first-order chi connectivity index (χ1) is 14.9. The summed E-state index contributed by atoms with van der Waals surface area (Å²) < 4.78 is 5.12. The Labute approximate surface area is 179 Å². The van der Waals surface area contributed by atoms with E-state index in [4.69, 9.17) is 9.84 Å².